The predicted molar refractivity (Wildman–Crippen MR) is 130 cm³/mol. The van der Waals surface area contributed by atoms with Crippen molar-refractivity contribution in [3.05, 3.63) is 23.8 Å². The van der Waals surface area contributed by atoms with Crippen molar-refractivity contribution in [2.75, 3.05) is 18.0 Å². The Hall–Kier alpha value is -1.37. The van der Waals surface area contributed by atoms with Crippen molar-refractivity contribution in [1.82, 2.24) is 4.90 Å². The number of fused-ring (bicyclic) bond motifs is 1. The Kier molecular flexibility index (Phi) is 5.31. The van der Waals surface area contributed by atoms with Crippen LogP contribution in [0.3, 0.4) is 0 Å². The molecule has 0 unspecified atom stereocenters. The minimum Gasteiger partial charge on any atom is -0.399 e. The molecule has 0 bridgehead atoms. The lowest BCUT2D eigenvalue weighted by atomic mass is 9.76. The highest BCUT2D eigenvalue weighted by Gasteiger charge is 2.53. The van der Waals surface area contributed by atoms with Crippen LogP contribution in [0.1, 0.15) is 85.6 Å². The van der Waals surface area contributed by atoms with E-state index in [4.69, 9.17) is 9.31 Å². The fourth-order valence-electron chi connectivity index (χ4n) is 5.82. The van der Waals surface area contributed by atoms with Crippen LogP contribution in [0.2, 0.25) is 0 Å². The van der Waals surface area contributed by atoms with Crippen LogP contribution < -0.4 is 10.4 Å². The largest absolute Gasteiger partial charge is 0.494 e. The molecule has 0 radical (unpaired) electrons. The number of likely N-dealkylation sites (tertiary alicyclic amines) is 1. The van der Waals surface area contributed by atoms with Gasteiger partial charge in [0.15, 0.2) is 0 Å². The van der Waals surface area contributed by atoms with E-state index in [9.17, 15) is 4.79 Å². The number of rotatable bonds is 3. The van der Waals surface area contributed by atoms with E-state index < -0.39 is 12.5 Å². The van der Waals surface area contributed by atoms with Gasteiger partial charge in [0.25, 0.3) is 0 Å². The summed E-state index contributed by atoms with van der Waals surface area (Å²) in [6, 6.07) is 7.29. The van der Waals surface area contributed by atoms with Crippen molar-refractivity contribution in [1.29, 1.82) is 0 Å². The average Bonchev–Trinajstić information content (AvgIpc) is 2.91. The van der Waals surface area contributed by atoms with Gasteiger partial charge in [-0.05, 0) is 97.4 Å². The van der Waals surface area contributed by atoms with Gasteiger partial charge in [-0.1, -0.05) is 25.0 Å². The summed E-state index contributed by atoms with van der Waals surface area (Å²) in [4.78, 5) is 18.3. The van der Waals surface area contributed by atoms with E-state index in [1.807, 2.05) is 0 Å². The molecule has 4 aliphatic rings. The molecule has 3 aliphatic heterocycles. The lowest BCUT2D eigenvalue weighted by molar-refractivity contribution is -0.123. The number of nitrogens with zero attached hydrogens (tertiary/aromatic N) is 2. The first-order valence-corrected chi connectivity index (χ1v) is 12.6. The molecule has 1 aromatic rings. The van der Waals surface area contributed by atoms with Crippen LogP contribution in [-0.4, -0.2) is 54.3 Å². The summed E-state index contributed by atoms with van der Waals surface area (Å²) < 4.78 is 12.6. The summed E-state index contributed by atoms with van der Waals surface area (Å²) in [6.45, 7) is 14.9. The predicted octanol–water partition coefficient (Wildman–Crippen LogP) is 4.02. The van der Waals surface area contributed by atoms with Crippen molar-refractivity contribution < 1.29 is 14.1 Å². The molecule has 3 heterocycles. The zero-order valence-electron chi connectivity index (χ0n) is 20.7. The topological polar surface area (TPSA) is 42.0 Å². The number of carbonyl (C=O) groups is 1. The lowest BCUT2D eigenvalue weighted by Gasteiger charge is -2.46. The Morgan fingerprint density at radius 1 is 0.875 bits per heavy atom. The van der Waals surface area contributed by atoms with E-state index in [1.165, 1.54) is 38.8 Å². The molecule has 2 saturated heterocycles. The zero-order valence-corrected chi connectivity index (χ0v) is 20.7. The fraction of sp³-hybridized carbons (Fsp3) is 0.731. The Labute approximate surface area is 194 Å². The number of benzene rings is 1. The Morgan fingerprint density at radius 2 is 1.47 bits per heavy atom. The number of hydrogen-bond donors (Lipinski definition) is 0. The van der Waals surface area contributed by atoms with Gasteiger partial charge in [-0.15, -0.1) is 0 Å². The van der Waals surface area contributed by atoms with Gasteiger partial charge in [-0.2, -0.15) is 0 Å². The van der Waals surface area contributed by atoms with E-state index in [2.05, 4.69) is 69.5 Å². The molecule has 3 fully saturated rings. The van der Waals surface area contributed by atoms with Gasteiger partial charge in [-0.25, -0.2) is 0 Å². The van der Waals surface area contributed by atoms with Gasteiger partial charge in [0.2, 0.25) is 5.91 Å². The van der Waals surface area contributed by atoms with Crippen molar-refractivity contribution in [3.63, 3.8) is 0 Å². The zero-order chi connectivity index (χ0) is 22.9. The highest BCUT2D eigenvalue weighted by atomic mass is 16.7. The molecule has 32 heavy (non-hydrogen) atoms. The van der Waals surface area contributed by atoms with Crippen molar-refractivity contribution in [3.8, 4) is 0 Å². The molecule has 1 saturated carbocycles. The van der Waals surface area contributed by atoms with E-state index in [-0.39, 0.29) is 17.1 Å². The third kappa shape index (κ3) is 3.45. The molecular weight excluding hydrogens is 399 g/mol. The highest BCUT2D eigenvalue weighted by molar-refractivity contribution is 6.62. The molecule has 1 amide bonds. The highest BCUT2D eigenvalue weighted by Crippen LogP contribution is 2.46. The van der Waals surface area contributed by atoms with Crippen molar-refractivity contribution >= 4 is 24.2 Å². The van der Waals surface area contributed by atoms with Gasteiger partial charge in [0, 0.05) is 17.8 Å². The van der Waals surface area contributed by atoms with Gasteiger partial charge in [0.05, 0.1) is 16.6 Å². The second kappa shape index (κ2) is 7.58. The van der Waals surface area contributed by atoms with Gasteiger partial charge < -0.3 is 19.1 Å². The van der Waals surface area contributed by atoms with E-state index >= 15 is 0 Å². The molecule has 5 nitrogen and oxygen atoms in total. The molecule has 1 aliphatic carbocycles. The Bertz CT molecular complexity index is 882. The summed E-state index contributed by atoms with van der Waals surface area (Å²) in [5.41, 5.74) is 1.95. The van der Waals surface area contributed by atoms with E-state index in [0.29, 0.717) is 12.1 Å². The van der Waals surface area contributed by atoms with Crippen LogP contribution in [0, 0.1) is 0 Å². The molecule has 1 aromatic carbocycles. The van der Waals surface area contributed by atoms with Crippen LogP contribution in [-0.2, 0) is 19.5 Å². The summed E-state index contributed by atoms with van der Waals surface area (Å²) in [6.07, 6.45) is 7.53. The number of anilines is 1. The van der Waals surface area contributed by atoms with Gasteiger partial charge in [-0.3, -0.25) is 4.79 Å². The van der Waals surface area contributed by atoms with Crippen LogP contribution >= 0.6 is 0 Å². The molecule has 5 rings (SSSR count). The SMILES string of the molecule is CC1(C)C(=O)N([C@H]2C[C@@H](N3CCCCCC3)C2)c2cc(B3OC(C)(C)C(C)(C)O3)ccc21. The van der Waals surface area contributed by atoms with E-state index in [1.54, 1.807) is 0 Å². The number of carbonyl (C=O) groups excluding carboxylic acids is 1. The lowest BCUT2D eigenvalue weighted by Crippen LogP contribution is -2.56. The van der Waals surface area contributed by atoms with E-state index in [0.717, 1.165) is 29.6 Å². The monoisotopic (exact) mass is 438 g/mol. The quantitative estimate of drug-likeness (QED) is 0.669. The van der Waals surface area contributed by atoms with Gasteiger partial charge >= 0.3 is 7.12 Å². The first-order chi connectivity index (χ1) is 15.0. The molecule has 0 N–H and O–H groups in total. The fourth-order valence-corrected chi connectivity index (χ4v) is 5.82. The summed E-state index contributed by atoms with van der Waals surface area (Å²) in [5.74, 6) is 0.234. The normalized spacial score (nSPS) is 31.4. The van der Waals surface area contributed by atoms with Crippen LogP contribution in [0.15, 0.2) is 18.2 Å². The van der Waals surface area contributed by atoms with Crippen LogP contribution in [0.5, 0.6) is 0 Å². The first-order valence-electron chi connectivity index (χ1n) is 12.6. The third-order valence-electron chi connectivity index (χ3n) is 8.84. The average molecular weight is 438 g/mol. The Balaban J connectivity index is 1.38. The summed E-state index contributed by atoms with van der Waals surface area (Å²) in [7, 11) is -0.405. The molecule has 0 aromatic heterocycles. The molecular formula is C26H39BN2O3. The molecule has 0 spiro atoms. The van der Waals surface area contributed by atoms with Gasteiger partial charge in [0.1, 0.15) is 0 Å². The number of hydrogen-bond acceptors (Lipinski definition) is 4. The number of amides is 1. The molecule has 0 atom stereocenters. The summed E-state index contributed by atoms with van der Waals surface area (Å²) >= 11 is 0. The Morgan fingerprint density at radius 3 is 2.06 bits per heavy atom. The second-order valence-corrected chi connectivity index (χ2v) is 11.9. The maximum atomic E-state index is 13.5. The van der Waals surface area contributed by atoms with Crippen LogP contribution in [0.4, 0.5) is 5.69 Å². The van der Waals surface area contributed by atoms with Crippen molar-refractivity contribution in [2.24, 2.45) is 0 Å². The first kappa shape index (κ1) is 22.4. The second-order valence-electron chi connectivity index (χ2n) is 11.9. The third-order valence-corrected chi connectivity index (χ3v) is 8.84. The molecule has 6 heteroatoms. The maximum absolute atomic E-state index is 13.5. The maximum Gasteiger partial charge on any atom is 0.494 e. The molecule has 174 valence electrons. The standard InChI is InChI=1S/C26H39BN2O3/c1-24(2)21-12-11-18(27-31-25(3,4)26(5,6)32-27)15-22(21)29(23(24)30)20-16-19(17-20)28-13-9-7-8-10-14-28/h11-12,15,19-20H,7-10,13-14,16-17H2,1-6H3/t19-,20+. The minimum absolute atomic E-state index is 0.234. The smallest absolute Gasteiger partial charge is 0.399 e. The minimum atomic E-state index is -0.489. The van der Waals surface area contributed by atoms with Crippen LogP contribution in [0.25, 0.3) is 0 Å². The summed E-state index contributed by atoms with van der Waals surface area (Å²) in [5, 5.41) is 0. The van der Waals surface area contributed by atoms with Crippen molar-refractivity contribution in [2.45, 2.75) is 109 Å².